The van der Waals surface area contributed by atoms with Crippen molar-refractivity contribution in [2.24, 2.45) is 0 Å². The molecular weight excluding hydrogens is 728 g/mol. The predicted octanol–water partition coefficient (Wildman–Crippen LogP) is 14.9. The number of aryl methyl sites for hydroxylation is 2. The number of fused-ring (bicyclic) bond motifs is 7. The SMILES string of the molecule is Cc1ccc(-c2c3ccccc3c(-c3ccc4[se]c5cccc(-c6c7ccccc7c(-c7ccc(C)cc7)c7ccccc67)c5c4c3)c3ccccc23)cc1. The minimum absolute atomic E-state index is 0.214. The van der Waals surface area contributed by atoms with Crippen molar-refractivity contribution in [2.75, 3.05) is 0 Å². The molecule has 0 amide bonds. The summed E-state index contributed by atoms with van der Waals surface area (Å²) < 4.78 is 2.91. The normalized spacial score (nSPS) is 11.8. The Kier molecular flexibility index (Phi) is 7.42. The van der Waals surface area contributed by atoms with Gasteiger partial charge in [-0.1, -0.05) is 0 Å². The van der Waals surface area contributed by atoms with Crippen molar-refractivity contribution in [3.05, 3.63) is 193 Å². The summed E-state index contributed by atoms with van der Waals surface area (Å²) in [6.07, 6.45) is 0. The zero-order valence-electron chi connectivity index (χ0n) is 30.7. The molecule has 0 saturated carbocycles. The van der Waals surface area contributed by atoms with E-state index in [1.807, 2.05) is 0 Å². The van der Waals surface area contributed by atoms with E-state index in [0.29, 0.717) is 0 Å². The predicted molar refractivity (Wildman–Crippen MR) is 240 cm³/mol. The Balaban J connectivity index is 1.21. The summed E-state index contributed by atoms with van der Waals surface area (Å²) in [4.78, 5) is 0. The molecule has 1 heterocycles. The molecule has 0 aliphatic rings. The van der Waals surface area contributed by atoms with Crippen molar-refractivity contribution in [3.8, 4) is 44.5 Å². The monoisotopic (exact) mass is 764 g/mol. The summed E-state index contributed by atoms with van der Waals surface area (Å²) in [7, 11) is 0. The standard InChI is InChI=1S/C54H36Se/c1-33-22-26-35(27-23-33)50-38-12-3-5-14-40(38)52(41-15-6-4-13-39(41)50)37-30-31-48-47(32-37)54-46(20-11-21-49(54)55-48)53-44-18-9-7-16-42(44)51(36-28-24-34(2)25-29-36)43-17-8-10-19-45(43)53/h3-32H,1-2H3. The van der Waals surface area contributed by atoms with Crippen LogP contribution in [0.25, 0.3) is 107 Å². The molecule has 0 aliphatic heterocycles. The third-order valence-corrected chi connectivity index (χ3v) is 14.0. The van der Waals surface area contributed by atoms with Gasteiger partial charge in [0, 0.05) is 0 Å². The average molecular weight is 764 g/mol. The molecule has 0 unspecified atom stereocenters. The fourth-order valence-corrected chi connectivity index (χ4v) is 11.4. The van der Waals surface area contributed by atoms with Crippen LogP contribution in [-0.2, 0) is 0 Å². The summed E-state index contributed by atoms with van der Waals surface area (Å²) in [5, 5.41) is 13.1. The van der Waals surface area contributed by atoms with Crippen molar-refractivity contribution in [1.82, 2.24) is 0 Å². The molecule has 11 rings (SSSR count). The van der Waals surface area contributed by atoms with Crippen LogP contribution < -0.4 is 0 Å². The van der Waals surface area contributed by atoms with Gasteiger partial charge in [0.05, 0.1) is 0 Å². The Hall–Kier alpha value is -6.24. The van der Waals surface area contributed by atoms with E-state index < -0.39 is 0 Å². The van der Waals surface area contributed by atoms with Gasteiger partial charge in [-0.05, 0) is 6.92 Å². The molecule has 0 saturated heterocycles. The molecular formula is C54H36Se. The van der Waals surface area contributed by atoms with Gasteiger partial charge < -0.3 is 0 Å². The molecule has 11 aromatic rings. The first kappa shape index (κ1) is 32.2. The summed E-state index contributed by atoms with van der Waals surface area (Å²) in [6, 6.07) is 68.5. The van der Waals surface area contributed by atoms with E-state index in [-0.39, 0.29) is 14.5 Å². The average Bonchev–Trinajstić information content (AvgIpc) is 3.61. The van der Waals surface area contributed by atoms with Gasteiger partial charge in [-0.3, -0.25) is 0 Å². The summed E-state index contributed by atoms with van der Waals surface area (Å²) >= 11 is 0.214. The zero-order chi connectivity index (χ0) is 36.6. The van der Waals surface area contributed by atoms with Gasteiger partial charge in [0.2, 0.25) is 0 Å². The fraction of sp³-hybridized carbons (Fsp3) is 0.0370. The summed E-state index contributed by atoms with van der Waals surface area (Å²) in [6.45, 7) is 4.32. The van der Waals surface area contributed by atoms with Crippen molar-refractivity contribution in [2.45, 2.75) is 13.8 Å². The molecule has 0 spiro atoms. The van der Waals surface area contributed by atoms with Gasteiger partial charge >= 0.3 is 321 Å². The topological polar surface area (TPSA) is 0 Å². The molecule has 55 heavy (non-hydrogen) atoms. The second-order valence-electron chi connectivity index (χ2n) is 14.9. The van der Waals surface area contributed by atoms with Crippen molar-refractivity contribution in [1.29, 1.82) is 0 Å². The molecule has 0 bridgehead atoms. The van der Waals surface area contributed by atoms with Gasteiger partial charge in [0.1, 0.15) is 0 Å². The number of hydrogen-bond acceptors (Lipinski definition) is 0. The van der Waals surface area contributed by atoms with Gasteiger partial charge in [-0.2, -0.15) is 0 Å². The van der Waals surface area contributed by atoms with Crippen LogP contribution in [0.3, 0.4) is 0 Å². The Labute approximate surface area is 326 Å². The third kappa shape index (κ3) is 5.05. The molecule has 10 aromatic carbocycles. The van der Waals surface area contributed by atoms with E-state index >= 15 is 0 Å². The van der Waals surface area contributed by atoms with Crippen LogP contribution in [-0.4, -0.2) is 14.5 Å². The summed E-state index contributed by atoms with van der Waals surface area (Å²) in [5.74, 6) is 0. The van der Waals surface area contributed by atoms with E-state index in [9.17, 15) is 0 Å². The molecule has 258 valence electrons. The van der Waals surface area contributed by atoms with E-state index in [0.717, 1.165) is 0 Å². The van der Waals surface area contributed by atoms with Crippen LogP contribution in [0.5, 0.6) is 0 Å². The van der Waals surface area contributed by atoms with E-state index in [1.165, 1.54) is 118 Å². The Morgan fingerprint density at radius 1 is 0.291 bits per heavy atom. The van der Waals surface area contributed by atoms with Crippen LogP contribution in [0.15, 0.2) is 182 Å². The molecule has 0 atom stereocenters. The quantitative estimate of drug-likeness (QED) is 0.124. The molecule has 0 N–H and O–H groups in total. The number of rotatable bonds is 4. The Morgan fingerprint density at radius 2 is 0.673 bits per heavy atom. The molecule has 0 aliphatic carbocycles. The first-order chi connectivity index (χ1) is 27.1. The van der Waals surface area contributed by atoms with Crippen molar-refractivity contribution in [3.63, 3.8) is 0 Å². The Bertz CT molecular complexity index is 3190. The van der Waals surface area contributed by atoms with Crippen LogP contribution in [0.1, 0.15) is 11.1 Å². The maximum absolute atomic E-state index is 2.51. The second kappa shape index (κ2) is 12.7. The first-order valence-corrected chi connectivity index (χ1v) is 20.8. The zero-order valence-corrected chi connectivity index (χ0v) is 32.4. The molecule has 0 fully saturated rings. The van der Waals surface area contributed by atoms with E-state index in [2.05, 4.69) is 196 Å². The first-order valence-electron chi connectivity index (χ1n) is 19.1. The van der Waals surface area contributed by atoms with Crippen LogP contribution in [0.2, 0.25) is 0 Å². The van der Waals surface area contributed by atoms with Crippen molar-refractivity contribution >= 4 is 76.9 Å². The minimum atomic E-state index is 0.214. The molecule has 1 heteroatoms. The fourth-order valence-electron chi connectivity index (χ4n) is 9.11. The number of benzene rings is 10. The molecule has 0 radical (unpaired) electrons. The van der Waals surface area contributed by atoms with Crippen LogP contribution in [0, 0.1) is 13.8 Å². The number of hydrogen-bond donors (Lipinski definition) is 0. The molecule has 0 nitrogen and oxygen atoms in total. The van der Waals surface area contributed by atoms with E-state index in [1.54, 1.807) is 0 Å². The van der Waals surface area contributed by atoms with E-state index in [4.69, 9.17) is 0 Å². The third-order valence-electron chi connectivity index (χ3n) is 11.6. The van der Waals surface area contributed by atoms with Gasteiger partial charge in [-0.25, -0.2) is 0 Å². The van der Waals surface area contributed by atoms with Crippen LogP contribution in [0.4, 0.5) is 0 Å². The van der Waals surface area contributed by atoms with Gasteiger partial charge in [-0.15, -0.1) is 0 Å². The van der Waals surface area contributed by atoms with Gasteiger partial charge in [0.25, 0.3) is 0 Å². The van der Waals surface area contributed by atoms with Crippen molar-refractivity contribution < 1.29 is 0 Å². The Morgan fingerprint density at radius 3 is 1.11 bits per heavy atom. The summed E-state index contributed by atoms with van der Waals surface area (Å²) in [5.41, 5.74) is 12.9. The van der Waals surface area contributed by atoms with Crippen LogP contribution >= 0.6 is 0 Å². The maximum atomic E-state index is 2.51. The molecule has 1 aromatic heterocycles. The van der Waals surface area contributed by atoms with Gasteiger partial charge in [0.15, 0.2) is 0 Å². The second-order valence-corrected chi connectivity index (χ2v) is 17.2.